The van der Waals surface area contributed by atoms with Crippen molar-refractivity contribution >= 4 is 35.1 Å². The molecule has 2 heterocycles. The first-order valence-corrected chi connectivity index (χ1v) is 8.09. The van der Waals surface area contributed by atoms with Crippen molar-refractivity contribution < 1.29 is 24.2 Å². The molecule has 3 atom stereocenters. The average Bonchev–Trinajstić information content (AvgIpc) is 3.17. The normalized spacial score (nSPS) is 26.6. The first-order chi connectivity index (χ1) is 11.5. The number of carboxylic acids is 1. The molecule has 0 saturated carbocycles. The first kappa shape index (κ1) is 16.7. The fourth-order valence-electron chi connectivity index (χ4n) is 2.97. The van der Waals surface area contributed by atoms with Gasteiger partial charge < -0.3 is 20.1 Å². The van der Waals surface area contributed by atoms with E-state index < -0.39 is 30.1 Å². The highest BCUT2D eigenvalue weighted by molar-refractivity contribution is 6.30. The van der Waals surface area contributed by atoms with Crippen molar-refractivity contribution in [2.24, 2.45) is 0 Å². The predicted octanol–water partition coefficient (Wildman–Crippen LogP) is 1.19. The number of hydrogen-bond acceptors (Lipinski definition) is 4. The lowest BCUT2D eigenvalue weighted by Gasteiger charge is -2.18. The van der Waals surface area contributed by atoms with Crippen molar-refractivity contribution in [1.29, 1.82) is 0 Å². The second kappa shape index (κ2) is 6.78. The monoisotopic (exact) mass is 352 g/mol. The SMILES string of the molecule is O=C(NC1CCN(c2ccc(Cl)cc2)C1=O)[C@@H]1CC[C@H](C(=O)O)O1. The van der Waals surface area contributed by atoms with Gasteiger partial charge in [0.15, 0.2) is 6.10 Å². The molecule has 2 aliphatic heterocycles. The molecule has 3 rings (SSSR count). The summed E-state index contributed by atoms with van der Waals surface area (Å²) in [4.78, 5) is 37.1. The summed E-state index contributed by atoms with van der Waals surface area (Å²) in [5.41, 5.74) is 0.726. The van der Waals surface area contributed by atoms with Gasteiger partial charge in [-0.05, 0) is 43.5 Å². The molecule has 0 aliphatic carbocycles. The van der Waals surface area contributed by atoms with Crippen LogP contribution in [0.15, 0.2) is 24.3 Å². The van der Waals surface area contributed by atoms with Gasteiger partial charge in [0.25, 0.3) is 0 Å². The van der Waals surface area contributed by atoms with Gasteiger partial charge in [-0.25, -0.2) is 4.79 Å². The summed E-state index contributed by atoms with van der Waals surface area (Å²) >= 11 is 5.84. The molecule has 2 N–H and O–H groups in total. The Labute approximate surface area is 143 Å². The minimum absolute atomic E-state index is 0.196. The van der Waals surface area contributed by atoms with Crippen molar-refractivity contribution in [1.82, 2.24) is 5.32 Å². The third kappa shape index (κ3) is 3.37. The van der Waals surface area contributed by atoms with Gasteiger partial charge in [0, 0.05) is 17.3 Å². The summed E-state index contributed by atoms with van der Waals surface area (Å²) in [5, 5.41) is 12.1. The number of hydrogen-bond donors (Lipinski definition) is 2. The highest BCUT2D eigenvalue weighted by atomic mass is 35.5. The zero-order chi connectivity index (χ0) is 17.3. The van der Waals surface area contributed by atoms with E-state index in [0.29, 0.717) is 30.8 Å². The zero-order valence-electron chi connectivity index (χ0n) is 12.8. The molecule has 2 saturated heterocycles. The largest absolute Gasteiger partial charge is 0.479 e. The number of benzene rings is 1. The van der Waals surface area contributed by atoms with Gasteiger partial charge in [0.2, 0.25) is 11.8 Å². The molecule has 128 valence electrons. The Morgan fingerprint density at radius 2 is 1.83 bits per heavy atom. The maximum absolute atomic E-state index is 12.5. The molecule has 0 bridgehead atoms. The summed E-state index contributed by atoms with van der Waals surface area (Å²) in [6.07, 6.45) is -0.649. The third-order valence-corrected chi connectivity index (χ3v) is 4.50. The Kier molecular flexibility index (Phi) is 4.73. The van der Waals surface area contributed by atoms with Crippen LogP contribution < -0.4 is 10.2 Å². The number of rotatable bonds is 4. The van der Waals surface area contributed by atoms with Crippen LogP contribution in [0.2, 0.25) is 5.02 Å². The molecule has 1 unspecified atom stereocenters. The van der Waals surface area contributed by atoms with Crippen molar-refractivity contribution in [3.8, 4) is 0 Å². The second-order valence-electron chi connectivity index (χ2n) is 5.85. The van der Waals surface area contributed by atoms with E-state index in [0.717, 1.165) is 5.69 Å². The minimum Gasteiger partial charge on any atom is -0.479 e. The number of halogens is 1. The lowest BCUT2D eigenvalue weighted by molar-refractivity contribution is -0.152. The van der Waals surface area contributed by atoms with Crippen molar-refractivity contribution in [2.45, 2.75) is 37.5 Å². The number of amides is 2. The number of carbonyl (C=O) groups excluding carboxylic acids is 2. The molecule has 2 fully saturated rings. The Hall–Kier alpha value is -2.12. The number of anilines is 1. The minimum atomic E-state index is -1.07. The van der Waals surface area contributed by atoms with E-state index in [-0.39, 0.29) is 5.91 Å². The van der Waals surface area contributed by atoms with Crippen LogP contribution in [0.5, 0.6) is 0 Å². The molecular formula is C16H17ClN2O5. The predicted molar refractivity (Wildman–Crippen MR) is 85.9 cm³/mol. The molecule has 1 aromatic carbocycles. The molecule has 0 spiro atoms. The van der Waals surface area contributed by atoms with Crippen LogP contribution >= 0.6 is 11.6 Å². The van der Waals surface area contributed by atoms with Gasteiger partial charge in [-0.15, -0.1) is 0 Å². The standard InChI is InChI=1S/C16H17ClN2O5/c17-9-1-3-10(4-2-9)19-8-7-11(15(19)21)18-14(20)12-5-6-13(24-12)16(22)23/h1-4,11-13H,5-8H2,(H,18,20)(H,22,23)/t11?,12-,13+/m0/s1. The number of carboxylic acid groups (broad SMARTS) is 1. The Morgan fingerprint density at radius 1 is 1.17 bits per heavy atom. The van der Waals surface area contributed by atoms with Crippen molar-refractivity contribution in [3.63, 3.8) is 0 Å². The fourth-order valence-corrected chi connectivity index (χ4v) is 3.09. The number of ether oxygens (including phenoxy) is 1. The van der Waals surface area contributed by atoms with Crippen LogP contribution in [0.25, 0.3) is 0 Å². The van der Waals surface area contributed by atoms with Crippen LogP contribution in [0, 0.1) is 0 Å². The Morgan fingerprint density at radius 3 is 2.46 bits per heavy atom. The molecule has 2 amide bonds. The third-order valence-electron chi connectivity index (χ3n) is 4.25. The second-order valence-corrected chi connectivity index (χ2v) is 6.28. The van der Waals surface area contributed by atoms with E-state index >= 15 is 0 Å². The van der Waals surface area contributed by atoms with Crippen LogP contribution in [-0.4, -0.2) is 47.7 Å². The van der Waals surface area contributed by atoms with Gasteiger partial charge in [-0.1, -0.05) is 11.6 Å². The van der Waals surface area contributed by atoms with Crippen LogP contribution in [0.4, 0.5) is 5.69 Å². The number of nitrogens with zero attached hydrogens (tertiary/aromatic N) is 1. The molecule has 0 aromatic heterocycles. The lowest BCUT2D eigenvalue weighted by Crippen LogP contribution is -2.45. The smallest absolute Gasteiger partial charge is 0.332 e. The molecule has 8 heteroatoms. The van der Waals surface area contributed by atoms with E-state index in [9.17, 15) is 14.4 Å². The van der Waals surface area contributed by atoms with Crippen LogP contribution in [-0.2, 0) is 19.1 Å². The molecule has 24 heavy (non-hydrogen) atoms. The van der Waals surface area contributed by atoms with Gasteiger partial charge in [0.1, 0.15) is 12.1 Å². The van der Waals surface area contributed by atoms with Gasteiger partial charge in [-0.2, -0.15) is 0 Å². The fraction of sp³-hybridized carbons (Fsp3) is 0.438. The Balaban J connectivity index is 1.59. The maximum atomic E-state index is 12.5. The topological polar surface area (TPSA) is 95.9 Å². The molecule has 0 radical (unpaired) electrons. The quantitative estimate of drug-likeness (QED) is 0.848. The van der Waals surface area contributed by atoms with Gasteiger partial charge in [0.05, 0.1) is 0 Å². The van der Waals surface area contributed by atoms with E-state index in [1.807, 2.05) is 0 Å². The van der Waals surface area contributed by atoms with E-state index in [1.54, 1.807) is 29.2 Å². The summed E-state index contributed by atoms with van der Waals surface area (Å²) in [6, 6.07) is 6.29. The van der Waals surface area contributed by atoms with Crippen molar-refractivity contribution in [2.75, 3.05) is 11.4 Å². The summed E-state index contributed by atoms with van der Waals surface area (Å²) < 4.78 is 5.20. The van der Waals surface area contributed by atoms with Crippen LogP contribution in [0.1, 0.15) is 19.3 Å². The zero-order valence-corrected chi connectivity index (χ0v) is 13.5. The number of nitrogens with one attached hydrogen (secondary N) is 1. The van der Waals surface area contributed by atoms with E-state index in [2.05, 4.69) is 5.32 Å². The molecule has 1 aromatic rings. The molecule has 2 aliphatic rings. The lowest BCUT2D eigenvalue weighted by atomic mass is 10.1. The highest BCUT2D eigenvalue weighted by Gasteiger charge is 2.38. The first-order valence-electron chi connectivity index (χ1n) is 7.71. The van der Waals surface area contributed by atoms with Gasteiger partial charge in [-0.3, -0.25) is 9.59 Å². The Bertz CT molecular complexity index is 663. The maximum Gasteiger partial charge on any atom is 0.332 e. The summed E-state index contributed by atoms with van der Waals surface area (Å²) in [7, 11) is 0. The number of aliphatic carboxylic acids is 1. The molecule has 7 nitrogen and oxygen atoms in total. The van der Waals surface area contributed by atoms with Crippen LogP contribution in [0.3, 0.4) is 0 Å². The molecular weight excluding hydrogens is 336 g/mol. The average molecular weight is 353 g/mol. The summed E-state index contributed by atoms with van der Waals surface area (Å²) in [5.74, 6) is -1.70. The highest BCUT2D eigenvalue weighted by Crippen LogP contribution is 2.24. The van der Waals surface area contributed by atoms with Gasteiger partial charge >= 0.3 is 5.97 Å². The van der Waals surface area contributed by atoms with Crippen molar-refractivity contribution in [3.05, 3.63) is 29.3 Å². The van der Waals surface area contributed by atoms with E-state index in [4.69, 9.17) is 21.4 Å². The number of carbonyl (C=O) groups is 3. The van der Waals surface area contributed by atoms with E-state index in [1.165, 1.54) is 0 Å². The summed E-state index contributed by atoms with van der Waals surface area (Å²) in [6.45, 7) is 0.495.